The highest BCUT2D eigenvalue weighted by molar-refractivity contribution is 6.02. The number of nitrogens with two attached hydrogens (primary N) is 1. The van der Waals surface area contributed by atoms with Crippen molar-refractivity contribution in [1.82, 2.24) is 9.88 Å². The van der Waals surface area contributed by atoms with Gasteiger partial charge in [-0.1, -0.05) is 5.16 Å². The van der Waals surface area contributed by atoms with Crippen molar-refractivity contribution in [2.45, 2.75) is 13.3 Å². The number of nitrogens with zero attached hydrogens (tertiary/aromatic N) is 4. The van der Waals surface area contributed by atoms with Gasteiger partial charge in [-0.2, -0.15) is 0 Å². The summed E-state index contributed by atoms with van der Waals surface area (Å²) in [6.45, 7) is 5.86. The molecule has 1 fully saturated rings. The first kappa shape index (κ1) is 13.6. The molecule has 1 aromatic rings. The smallest absolute Gasteiger partial charge is 0.174 e. The van der Waals surface area contributed by atoms with Gasteiger partial charge in [-0.15, -0.1) is 0 Å². The van der Waals surface area contributed by atoms with Crippen molar-refractivity contribution >= 4 is 11.7 Å². The molecule has 6 heteroatoms. The summed E-state index contributed by atoms with van der Waals surface area (Å²) in [6.07, 6.45) is 2.86. The molecule has 3 N–H and O–H groups in total. The Morgan fingerprint density at radius 1 is 1.37 bits per heavy atom. The predicted octanol–water partition coefficient (Wildman–Crippen LogP) is 0.626. The fourth-order valence-corrected chi connectivity index (χ4v) is 2.41. The average molecular weight is 263 g/mol. The molecule has 0 spiro atoms. The van der Waals surface area contributed by atoms with E-state index in [1.54, 1.807) is 6.20 Å². The van der Waals surface area contributed by atoms with Crippen LogP contribution in [0.1, 0.15) is 17.5 Å². The molecule has 19 heavy (non-hydrogen) atoms. The van der Waals surface area contributed by atoms with Gasteiger partial charge in [0.15, 0.2) is 5.84 Å². The lowest BCUT2D eigenvalue weighted by molar-refractivity contribution is 0.318. The zero-order chi connectivity index (χ0) is 13.8. The summed E-state index contributed by atoms with van der Waals surface area (Å²) < 4.78 is 0. The van der Waals surface area contributed by atoms with Crippen LogP contribution in [-0.4, -0.2) is 54.2 Å². The number of pyridine rings is 1. The summed E-state index contributed by atoms with van der Waals surface area (Å²) in [4.78, 5) is 8.95. The summed E-state index contributed by atoms with van der Waals surface area (Å²) >= 11 is 0. The maximum absolute atomic E-state index is 8.94. The molecule has 1 aliphatic heterocycles. The van der Waals surface area contributed by atoms with Crippen LogP contribution in [0.25, 0.3) is 0 Å². The van der Waals surface area contributed by atoms with Crippen LogP contribution in [-0.2, 0) is 0 Å². The number of anilines is 1. The van der Waals surface area contributed by atoms with Crippen molar-refractivity contribution < 1.29 is 5.21 Å². The lowest BCUT2D eigenvalue weighted by Crippen LogP contribution is -2.32. The third-order valence-corrected chi connectivity index (χ3v) is 3.52. The van der Waals surface area contributed by atoms with Gasteiger partial charge in [-0.3, -0.25) is 0 Å². The fourth-order valence-electron chi connectivity index (χ4n) is 2.41. The molecule has 0 aromatic carbocycles. The zero-order valence-electron chi connectivity index (χ0n) is 11.5. The van der Waals surface area contributed by atoms with Crippen LogP contribution in [0.5, 0.6) is 0 Å². The Bertz CT molecular complexity index is 474. The van der Waals surface area contributed by atoms with Gasteiger partial charge in [0.25, 0.3) is 0 Å². The summed E-state index contributed by atoms with van der Waals surface area (Å²) in [7, 11) is 2.12. The number of rotatable bonds is 2. The Labute approximate surface area is 113 Å². The van der Waals surface area contributed by atoms with Crippen molar-refractivity contribution in [2.75, 3.05) is 38.1 Å². The fraction of sp³-hybridized carbons (Fsp3) is 0.538. The van der Waals surface area contributed by atoms with Crippen molar-refractivity contribution in [2.24, 2.45) is 10.9 Å². The number of hydrogen-bond donors (Lipinski definition) is 2. The molecule has 0 amide bonds. The molecule has 6 nitrogen and oxygen atoms in total. The normalized spacial score (nSPS) is 18.4. The highest BCUT2D eigenvalue weighted by Gasteiger charge is 2.19. The largest absolute Gasteiger partial charge is 0.409 e. The SMILES string of the molecule is Cc1ccnc(N2CCCN(C)CC2)c1/C(N)=N/O. The minimum absolute atomic E-state index is 0.123. The highest BCUT2D eigenvalue weighted by Crippen LogP contribution is 2.22. The van der Waals surface area contributed by atoms with Gasteiger partial charge < -0.3 is 20.7 Å². The van der Waals surface area contributed by atoms with Crippen LogP contribution >= 0.6 is 0 Å². The number of aryl methyl sites for hydroxylation is 1. The molecule has 1 aromatic heterocycles. The van der Waals surface area contributed by atoms with E-state index < -0.39 is 0 Å². The second-order valence-corrected chi connectivity index (χ2v) is 4.96. The Morgan fingerprint density at radius 3 is 2.89 bits per heavy atom. The van der Waals surface area contributed by atoms with Crippen LogP contribution < -0.4 is 10.6 Å². The van der Waals surface area contributed by atoms with E-state index in [0.717, 1.165) is 49.5 Å². The third-order valence-electron chi connectivity index (χ3n) is 3.52. The van der Waals surface area contributed by atoms with E-state index in [0.29, 0.717) is 0 Å². The molecule has 0 radical (unpaired) electrons. The molecule has 104 valence electrons. The summed E-state index contributed by atoms with van der Waals surface area (Å²) in [5.74, 6) is 0.934. The van der Waals surface area contributed by atoms with E-state index in [1.165, 1.54) is 0 Å². The van der Waals surface area contributed by atoms with E-state index >= 15 is 0 Å². The van der Waals surface area contributed by atoms with Crippen LogP contribution in [0.3, 0.4) is 0 Å². The molecular weight excluding hydrogens is 242 g/mol. The second-order valence-electron chi connectivity index (χ2n) is 4.96. The molecule has 2 heterocycles. The zero-order valence-corrected chi connectivity index (χ0v) is 11.5. The van der Waals surface area contributed by atoms with E-state index in [-0.39, 0.29) is 5.84 Å². The molecule has 0 atom stereocenters. The summed E-state index contributed by atoms with van der Waals surface area (Å²) in [5, 5.41) is 12.1. The molecule has 0 bridgehead atoms. The van der Waals surface area contributed by atoms with Crippen molar-refractivity contribution in [3.05, 3.63) is 23.4 Å². The van der Waals surface area contributed by atoms with E-state index in [4.69, 9.17) is 10.9 Å². The van der Waals surface area contributed by atoms with Crippen LogP contribution in [0.2, 0.25) is 0 Å². The van der Waals surface area contributed by atoms with Crippen molar-refractivity contribution in [1.29, 1.82) is 0 Å². The van der Waals surface area contributed by atoms with Crippen molar-refractivity contribution in [3.63, 3.8) is 0 Å². The number of likely N-dealkylation sites (N-methyl/N-ethyl adjacent to an activating group) is 1. The third kappa shape index (κ3) is 2.96. The highest BCUT2D eigenvalue weighted by atomic mass is 16.4. The molecule has 0 aliphatic carbocycles. The Kier molecular flexibility index (Phi) is 4.21. The Morgan fingerprint density at radius 2 is 2.16 bits per heavy atom. The molecule has 1 saturated heterocycles. The van der Waals surface area contributed by atoms with Crippen LogP contribution in [0, 0.1) is 6.92 Å². The van der Waals surface area contributed by atoms with E-state index in [2.05, 4.69) is 27.0 Å². The van der Waals surface area contributed by atoms with Gasteiger partial charge in [0, 0.05) is 25.8 Å². The predicted molar refractivity (Wildman–Crippen MR) is 75.8 cm³/mol. The number of hydrogen-bond acceptors (Lipinski definition) is 5. The van der Waals surface area contributed by atoms with Gasteiger partial charge >= 0.3 is 0 Å². The average Bonchev–Trinajstić information content (AvgIpc) is 2.62. The van der Waals surface area contributed by atoms with Gasteiger partial charge in [0.05, 0.1) is 5.56 Å². The van der Waals surface area contributed by atoms with Gasteiger partial charge in [0.2, 0.25) is 0 Å². The first-order valence-electron chi connectivity index (χ1n) is 6.50. The van der Waals surface area contributed by atoms with E-state index in [9.17, 15) is 0 Å². The minimum Gasteiger partial charge on any atom is -0.409 e. The van der Waals surface area contributed by atoms with Gasteiger partial charge in [0.1, 0.15) is 5.82 Å². The van der Waals surface area contributed by atoms with Gasteiger partial charge in [-0.25, -0.2) is 4.98 Å². The minimum atomic E-state index is 0.123. The monoisotopic (exact) mass is 263 g/mol. The Hall–Kier alpha value is -1.82. The van der Waals surface area contributed by atoms with Crippen LogP contribution in [0.4, 0.5) is 5.82 Å². The number of aromatic nitrogens is 1. The van der Waals surface area contributed by atoms with Gasteiger partial charge in [-0.05, 0) is 38.6 Å². The number of amidine groups is 1. The quantitative estimate of drug-likeness (QED) is 0.354. The first-order valence-corrected chi connectivity index (χ1v) is 6.50. The standard InChI is InChI=1S/C13H21N5O/c1-10-4-5-15-13(11(10)12(14)16-19)18-7-3-6-17(2)8-9-18/h4-5,19H,3,6-9H2,1-2H3,(H2,14,16). The summed E-state index contributed by atoms with van der Waals surface area (Å²) in [5.41, 5.74) is 7.49. The maximum Gasteiger partial charge on any atom is 0.174 e. The van der Waals surface area contributed by atoms with Crippen LogP contribution in [0.15, 0.2) is 17.4 Å². The summed E-state index contributed by atoms with van der Waals surface area (Å²) in [6, 6.07) is 1.88. The molecule has 0 unspecified atom stereocenters. The molecule has 2 rings (SSSR count). The maximum atomic E-state index is 8.94. The lowest BCUT2D eigenvalue weighted by Gasteiger charge is -2.24. The molecule has 0 saturated carbocycles. The topological polar surface area (TPSA) is 78.0 Å². The molecule has 1 aliphatic rings. The second kappa shape index (κ2) is 5.88. The molecular formula is C13H21N5O. The van der Waals surface area contributed by atoms with E-state index in [1.807, 2.05) is 13.0 Å². The Balaban J connectivity index is 2.36. The lowest BCUT2D eigenvalue weighted by atomic mass is 10.1. The van der Waals surface area contributed by atoms with Crippen molar-refractivity contribution in [3.8, 4) is 0 Å². The first-order chi connectivity index (χ1) is 9.13. The number of oxime groups is 1.